The number of pyridine rings is 1. The Morgan fingerprint density at radius 3 is 2.83 bits per heavy atom. The van der Waals surface area contributed by atoms with Crippen molar-refractivity contribution in [3.05, 3.63) is 23.9 Å². The first kappa shape index (κ1) is 16.2. The van der Waals surface area contributed by atoms with Gasteiger partial charge in [0.25, 0.3) is 5.91 Å². The summed E-state index contributed by atoms with van der Waals surface area (Å²) < 4.78 is 5.35. The van der Waals surface area contributed by atoms with Crippen LogP contribution in [-0.2, 0) is 4.74 Å². The Kier molecular flexibility index (Phi) is 5.46. The molecule has 1 aliphatic carbocycles. The summed E-state index contributed by atoms with van der Waals surface area (Å²) in [6, 6.07) is 4.02. The first-order valence-electron chi connectivity index (χ1n) is 8.52. The van der Waals surface area contributed by atoms with Crippen LogP contribution in [0.25, 0.3) is 0 Å². The maximum Gasteiger partial charge on any atom is 0.252 e. The zero-order chi connectivity index (χ0) is 16.1. The molecule has 126 valence electrons. The van der Waals surface area contributed by atoms with Crippen molar-refractivity contribution in [1.29, 1.82) is 0 Å². The summed E-state index contributed by atoms with van der Waals surface area (Å²) in [5.41, 5.74) is 0.608. The summed E-state index contributed by atoms with van der Waals surface area (Å²) in [7, 11) is 0. The van der Waals surface area contributed by atoms with Crippen molar-refractivity contribution in [3.8, 4) is 0 Å². The average molecular weight is 318 g/mol. The molecule has 0 radical (unpaired) electrons. The van der Waals surface area contributed by atoms with Crippen molar-refractivity contribution < 1.29 is 9.53 Å². The molecule has 1 aromatic heterocycles. The Bertz CT molecular complexity index is 510. The van der Waals surface area contributed by atoms with Gasteiger partial charge in [-0.3, -0.25) is 9.69 Å². The van der Waals surface area contributed by atoms with Crippen LogP contribution in [-0.4, -0.2) is 61.2 Å². The Morgan fingerprint density at radius 1 is 1.39 bits per heavy atom. The fourth-order valence-electron chi connectivity index (χ4n) is 2.69. The third-order valence-corrected chi connectivity index (χ3v) is 4.52. The summed E-state index contributed by atoms with van der Waals surface area (Å²) in [5.74, 6) is 1.59. The maximum atomic E-state index is 12.2. The lowest BCUT2D eigenvalue weighted by Gasteiger charge is -2.32. The van der Waals surface area contributed by atoms with Crippen LogP contribution >= 0.6 is 0 Å². The molecule has 6 nitrogen and oxygen atoms in total. The van der Waals surface area contributed by atoms with E-state index < -0.39 is 0 Å². The molecule has 2 aliphatic rings. The number of hydrogen-bond donors (Lipinski definition) is 2. The molecular weight excluding hydrogens is 292 g/mol. The zero-order valence-corrected chi connectivity index (χ0v) is 13.8. The number of carbonyl (C=O) groups is 1. The number of ether oxygens (including phenoxy) is 1. The molecule has 23 heavy (non-hydrogen) atoms. The van der Waals surface area contributed by atoms with Crippen molar-refractivity contribution >= 4 is 11.7 Å². The third-order valence-electron chi connectivity index (χ3n) is 4.52. The van der Waals surface area contributed by atoms with Gasteiger partial charge in [0.05, 0.1) is 18.8 Å². The van der Waals surface area contributed by atoms with E-state index in [1.165, 1.54) is 12.8 Å². The molecule has 1 saturated carbocycles. The van der Waals surface area contributed by atoms with Gasteiger partial charge in [0, 0.05) is 38.4 Å². The van der Waals surface area contributed by atoms with Crippen LogP contribution < -0.4 is 10.6 Å². The SMILES string of the molecule is CC(CNC(=O)c1ccc(NCC2CC2)nc1)N1CCOCC1. The second-order valence-electron chi connectivity index (χ2n) is 6.46. The molecule has 0 bridgehead atoms. The molecular formula is C17H26N4O2. The van der Waals surface area contributed by atoms with E-state index in [0.717, 1.165) is 44.6 Å². The van der Waals surface area contributed by atoms with Gasteiger partial charge in [-0.2, -0.15) is 0 Å². The number of morpholine rings is 1. The second kappa shape index (κ2) is 7.75. The smallest absolute Gasteiger partial charge is 0.252 e. The van der Waals surface area contributed by atoms with Gasteiger partial charge in [-0.1, -0.05) is 0 Å². The number of carbonyl (C=O) groups excluding carboxylic acids is 1. The molecule has 3 rings (SSSR count). The third kappa shape index (κ3) is 4.91. The maximum absolute atomic E-state index is 12.2. The fraction of sp³-hybridized carbons (Fsp3) is 0.647. The van der Waals surface area contributed by atoms with Crippen molar-refractivity contribution in [2.75, 3.05) is 44.7 Å². The lowest BCUT2D eigenvalue weighted by atomic mass is 10.2. The molecule has 2 N–H and O–H groups in total. The Morgan fingerprint density at radius 2 is 2.17 bits per heavy atom. The predicted molar refractivity (Wildman–Crippen MR) is 89.6 cm³/mol. The average Bonchev–Trinajstić information content (AvgIpc) is 3.43. The van der Waals surface area contributed by atoms with Crippen molar-refractivity contribution in [2.24, 2.45) is 5.92 Å². The summed E-state index contributed by atoms with van der Waals surface area (Å²) in [6.07, 6.45) is 4.27. The van der Waals surface area contributed by atoms with Crippen molar-refractivity contribution in [1.82, 2.24) is 15.2 Å². The van der Waals surface area contributed by atoms with E-state index >= 15 is 0 Å². The highest BCUT2D eigenvalue weighted by Gasteiger charge is 2.21. The standard InChI is InChI=1S/C17H26N4O2/c1-13(21-6-8-23-9-7-21)10-20-17(22)15-4-5-16(19-12-15)18-11-14-2-3-14/h4-5,12-14H,2-3,6-11H2,1H3,(H,18,19)(H,20,22). The quantitative estimate of drug-likeness (QED) is 0.794. The van der Waals surface area contributed by atoms with E-state index in [1.807, 2.05) is 12.1 Å². The van der Waals surface area contributed by atoms with Crippen LogP contribution in [0.1, 0.15) is 30.1 Å². The molecule has 6 heteroatoms. The van der Waals surface area contributed by atoms with Crippen molar-refractivity contribution in [3.63, 3.8) is 0 Å². The van der Waals surface area contributed by atoms with E-state index in [2.05, 4.69) is 27.4 Å². The van der Waals surface area contributed by atoms with E-state index in [-0.39, 0.29) is 5.91 Å². The molecule has 2 fully saturated rings. The minimum atomic E-state index is -0.0636. The van der Waals surface area contributed by atoms with Crippen LogP contribution in [0.5, 0.6) is 0 Å². The molecule has 1 aromatic rings. The highest BCUT2D eigenvalue weighted by atomic mass is 16.5. The molecule has 1 atom stereocenters. The molecule has 1 unspecified atom stereocenters. The minimum Gasteiger partial charge on any atom is -0.379 e. The number of rotatable bonds is 7. The summed E-state index contributed by atoms with van der Waals surface area (Å²) in [4.78, 5) is 18.9. The number of anilines is 1. The number of nitrogens with one attached hydrogen (secondary N) is 2. The molecule has 2 heterocycles. The highest BCUT2D eigenvalue weighted by molar-refractivity contribution is 5.94. The first-order chi connectivity index (χ1) is 11.2. The molecule has 1 amide bonds. The van der Waals surface area contributed by atoms with E-state index in [1.54, 1.807) is 6.20 Å². The molecule has 0 spiro atoms. The number of hydrogen-bond acceptors (Lipinski definition) is 5. The Hall–Kier alpha value is -1.66. The second-order valence-corrected chi connectivity index (χ2v) is 6.46. The minimum absolute atomic E-state index is 0.0636. The number of nitrogens with zero attached hydrogens (tertiary/aromatic N) is 2. The summed E-state index contributed by atoms with van der Waals surface area (Å²) >= 11 is 0. The van der Waals surface area contributed by atoms with Gasteiger partial charge < -0.3 is 15.4 Å². The van der Waals surface area contributed by atoms with Crippen LogP contribution in [0.15, 0.2) is 18.3 Å². The Balaban J connectivity index is 1.43. The van der Waals surface area contributed by atoms with E-state index in [4.69, 9.17) is 4.74 Å². The fourth-order valence-corrected chi connectivity index (χ4v) is 2.69. The van der Waals surface area contributed by atoms with Gasteiger partial charge in [0.15, 0.2) is 0 Å². The molecule has 1 saturated heterocycles. The van der Waals surface area contributed by atoms with Gasteiger partial charge in [-0.25, -0.2) is 4.98 Å². The van der Waals surface area contributed by atoms with Crippen LogP contribution in [0.3, 0.4) is 0 Å². The monoisotopic (exact) mass is 318 g/mol. The largest absolute Gasteiger partial charge is 0.379 e. The zero-order valence-electron chi connectivity index (χ0n) is 13.8. The highest BCUT2D eigenvalue weighted by Crippen LogP contribution is 2.28. The van der Waals surface area contributed by atoms with Crippen LogP contribution in [0.2, 0.25) is 0 Å². The predicted octanol–water partition coefficient (Wildman–Crippen LogP) is 1.35. The van der Waals surface area contributed by atoms with Crippen LogP contribution in [0.4, 0.5) is 5.82 Å². The first-order valence-corrected chi connectivity index (χ1v) is 8.52. The van der Waals surface area contributed by atoms with Gasteiger partial charge in [-0.05, 0) is 37.8 Å². The normalized spacial score (nSPS) is 20.0. The lowest BCUT2D eigenvalue weighted by Crippen LogP contribution is -2.47. The number of aromatic nitrogens is 1. The Labute approximate surface area is 137 Å². The molecule has 0 aromatic carbocycles. The summed E-state index contributed by atoms with van der Waals surface area (Å²) in [6.45, 7) is 7.17. The van der Waals surface area contributed by atoms with Crippen LogP contribution in [0, 0.1) is 5.92 Å². The van der Waals surface area contributed by atoms with Crippen molar-refractivity contribution in [2.45, 2.75) is 25.8 Å². The van der Waals surface area contributed by atoms with Gasteiger partial charge in [0.1, 0.15) is 5.82 Å². The molecule has 1 aliphatic heterocycles. The van der Waals surface area contributed by atoms with E-state index in [0.29, 0.717) is 18.2 Å². The summed E-state index contributed by atoms with van der Waals surface area (Å²) in [5, 5.41) is 6.30. The van der Waals surface area contributed by atoms with Gasteiger partial charge >= 0.3 is 0 Å². The van der Waals surface area contributed by atoms with Gasteiger partial charge in [-0.15, -0.1) is 0 Å². The lowest BCUT2D eigenvalue weighted by molar-refractivity contribution is 0.0204. The van der Waals surface area contributed by atoms with Gasteiger partial charge in [0.2, 0.25) is 0 Å². The number of amides is 1. The topological polar surface area (TPSA) is 66.5 Å². The van der Waals surface area contributed by atoms with E-state index in [9.17, 15) is 4.79 Å².